The maximum atomic E-state index is 12.9. The van der Waals surface area contributed by atoms with Gasteiger partial charge in [-0.2, -0.15) is 0 Å². The van der Waals surface area contributed by atoms with Crippen molar-refractivity contribution in [2.45, 2.75) is 6.42 Å². The Morgan fingerprint density at radius 3 is 2.52 bits per heavy atom. The van der Waals surface area contributed by atoms with Gasteiger partial charge in [0, 0.05) is 18.7 Å². The summed E-state index contributed by atoms with van der Waals surface area (Å²) in [5.41, 5.74) is 0.370. The number of furan rings is 1. The number of benzene rings is 1. The first-order chi connectivity index (χ1) is 12.9. The number of aliphatic hydroxyl groups excluding tert-OH is 1. The van der Waals surface area contributed by atoms with Crippen molar-refractivity contribution >= 4 is 17.5 Å². The van der Waals surface area contributed by atoms with Crippen LogP contribution in [0, 0.1) is 5.82 Å². The zero-order valence-electron chi connectivity index (χ0n) is 13.9. The molecule has 2 heterocycles. The molecule has 0 unspecified atom stereocenters. The molecule has 0 fully saturated rings. The average molecular weight is 367 g/mol. The molecule has 2 N–H and O–H groups in total. The molecule has 0 spiro atoms. The first-order valence-electron chi connectivity index (χ1n) is 7.91. The van der Waals surface area contributed by atoms with Crippen molar-refractivity contribution in [1.29, 1.82) is 0 Å². The molecule has 0 aliphatic carbocycles. The highest BCUT2D eigenvalue weighted by atomic mass is 19.1. The van der Waals surface area contributed by atoms with Gasteiger partial charge < -0.3 is 14.6 Å². The Morgan fingerprint density at radius 2 is 1.81 bits per heavy atom. The lowest BCUT2D eigenvalue weighted by molar-refractivity contribution is 0.0695. The van der Waals surface area contributed by atoms with Crippen molar-refractivity contribution in [2.24, 2.45) is 0 Å². The second kappa shape index (κ2) is 7.65. The maximum Gasteiger partial charge on any atom is 0.338 e. The number of hydrogen-bond donors (Lipinski definition) is 2. The van der Waals surface area contributed by atoms with Gasteiger partial charge in [-0.25, -0.2) is 9.18 Å². The number of carboxylic acids is 1. The van der Waals surface area contributed by atoms with Gasteiger partial charge in [0.15, 0.2) is 5.76 Å². The Kier molecular flexibility index (Phi) is 5.12. The summed E-state index contributed by atoms with van der Waals surface area (Å²) in [4.78, 5) is 27.2. The van der Waals surface area contributed by atoms with E-state index in [4.69, 9.17) is 9.52 Å². The first-order valence-corrected chi connectivity index (χ1v) is 7.91. The number of aromatic carboxylic acids is 1. The van der Waals surface area contributed by atoms with E-state index >= 15 is 0 Å². The van der Waals surface area contributed by atoms with Crippen LogP contribution in [0.3, 0.4) is 0 Å². The van der Waals surface area contributed by atoms with E-state index in [1.807, 2.05) is 0 Å². The highest BCUT2D eigenvalue weighted by molar-refractivity contribution is 6.06. The molecule has 0 atom stereocenters. The zero-order chi connectivity index (χ0) is 19.4. The predicted molar refractivity (Wildman–Crippen MR) is 94.0 cm³/mol. The highest BCUT2D eigenvalue weighted by Gasteiger charge is 2.17. The summed E-state index contributed by atoms with van der Waals surface area (Å²) in [7, 11) is 0. The molecular weight excluding hydrogens is 353 g/mol. The number of rotatable bonds is 6. The van der Waals surface area contributed by atoms with Crippen molar-refractivity contribution in [2.75, 3.05) is 0 Å². The maximum absolute atomic E-state index is 12.9. The number of nitrogens with zero attached hydrogens (tertiary/aromatic N) is 1. The number of carbonyl (C=O) groups excluding carboxylic acids is 1. The highest BCUT2D eigenvalue weighted by Crippen LogP contribution is 2.18. The Hall–Kier alpha value is -3.74. The quantitative estimate of drug-likeness (QED) is 0.389. The molecule has 0 bridgehead atoms. The number of aliphatic hydroxyl groups is 1. The standard InChI is InChI=1S/C20H14FNO5/c21-13-5-3-12(4-6-13)10-14-7-8-18(27-14)16(23)11-17(24)19-15(20(25)26)2-1-9-22-19/h1-9,11,24H,10H2,(H,25,26). The van der Waals surface area contributed by atoms with Crippen LogP contribution in [-0.2, 0) is 6.42 Å². The number of carboxylic acid groups (broad SMARTS) is 1. The molecule has 2 aromatic heterocycles. The van der Waals surface area contributed by atoms with E-state index in [2.05, 4.69) is 4.98 Å². The van der Waals surface area contributed by atoms with Crippen LogP contribution >= 0.6 is 0 Å². The van der Waals surface area contributed by atoms with Gasteiger partial charge in [-0.3, -0.25) is 9.78 Å². The van der Waals surface area contributed by atoms with Crippen LogP contribution in [0.2, 0.25) is 0 Å². The van der Waals surface area contributed by atoms with Crippen LogP contribution < -0.4 is 0 Å². The minimum absolute atomic E-state index is 0.0218. The lowest BCUT2D eigenvalue weighted by Crippen LogP contribution is -2.05. The average Bonchev–Trinajstić information content (AvgIpc) is 3.12. The first kappa shape index (κ1) is 18.1. The third-order valence-electron chi connectivity index (χ3n) is 3.74. The van der Waals surface area contributed by atoms with Gasteiger partial charge in [0.05, 0.1) is 5.56 Å². The van der Waals surface area contributed by atoms with E-state index in [1.54, 1.807) is 18.2 Å². The molecular formula is C20H14FNO5. The fourth-order valence-electron chi connectivity index (χ4n) is 2.45. The number of aromatic nitrogens is 1. The summed E-state index contributed by atoms with van der Waals surface area (Å²) in [6.45, 7) is 0. The summed E-state index contributed by atoms with van der Waals surface area (Å²) in [5, 5.41) is 19.2. The van der Waals surface area contributed by atoms with Gasteiger partial charge in [-0.1, -0.05) is 12.1 Å². The molecule has 0 aliphatic rings. The second-order valence-electron chi connectivity index (χ2n) is 5.67. The molecule has 0 radical (unpaired) electrons. The Labute approximate surface area is 153 Å². The SMILES string of the molecule is O=C(C=C(O)c1ncccc1C(=O)O)c1ccc(Cc2ccc(F)cc2)o1. The van der Waals surface area contributed by atoms with E-state index in [0.29, 0.717) is 12.2 Å². The van der Waals surface area contributed by atoms with Crippen molar-refractivity contribution in [3.05, 3.63) is 95.0 Å². The van der Waals surface area contributed by atoms with E-state index in [0.717, 1.165) is 11.6 Å². The van der Waals surface area contributed by atoms with Crippen LogP contribution in [0.5, 0.6) is 0 Å². The normalized spacial score (nSPS) is 11.4. The van der Waals surface area contributed by atoms with Gasteiger partial charge in [0.1, 0.15) is 23.0 Å². The van der Waals surface area contributed by atoms with Crippen LogP contribution in [0.4, 0.5) is 4.39 Å². The van der Waals surface area contributed by atoms with Gasteiger partial charge >= 0.3 is 5.97 Å². The van der Waals surface area contributed by atoms with E-state index in [9.17, 15) is 19.1 Å². The van der Waals surface area contributed by atoms with Gasteiger partial charge in [-0.05, 0) is 42.0 Å². The van der Waals surface area contributed by atoms with Crippen LogP contribution in [0.1, 0.15) is 37.9 Å². The number of pyridine rings is 1. The Balaban J connectivity index is 1.78. The molecule has 3 rings (SSSR count). The van der Waals surface area contributed by atoms with E-state index in [1.165, 1.54) is 36.5 Å². The van der Waals surface area contributed by atoms with E-state index in [-0.39, 0.29) is 22.8 Å². The lowest BCUT2D eigenvalue weighted by Gasteiger charge is -2.03. The van der Waals surface area contributed by atoms with Gasteiger partial charge in [-0.15, -0.1) is 0 Å². The largest absolute Gasteiger partial charge is 0.506 e. The summed E-state index contributed by atoms with van der Waals surface area (Å²) in [6, 6.07) is 11.6. The molecule has 0 aliphatic heterocycles. The molecule has 0 amide bonds. The van der Waals surface area contributed by atoms with Gasteiger partial charge in [0.25, 0.3) is 0 Å². The Morgan fingerprint density at radius 1 is 1.07 bits per heavy atom. The molecule has 0 saturated heterocycles. The van der Waals surface area contributed by atoms with Crippen LogP contribution in [0.25, 0.3) is 5.76 Å². The molecule has 136 valence electrons. The molecule has 1 aromatic carbocycles. The molecule has 0 saturated carbocycles. The number of carbonyl (C=O) groups is 2. The fraction of sp³-hybridized carbons (Fsp3) is 0.0500. The van der Waals surface area contributed by atoms with Crippen LogP contribution in [0.15, 0.2) is 65.2 Å². The number of ketones is 1. The summed E-state index contributed by atoms with van der Waals surface area (Å²) in [5.74, 6) is -2.36. The molecule has 3 aromatic rings. The summed E-state index contributed by atoms with van der Waals surface area (Å²) >= 11 is 0. The lowest BCUT2D eigenvalue weighted by atomic mass is 10.1. The number of allylic oxidation sites excluding steroid dienone is 1. The van der Waals surface area contributed by atoms with E-state index < -0.39 is 17.5 Å². The smallest absolute Gasteiger partial charge is 0.338 e. The minimum atomic E-state index is -1.27. The topological polar surface area (TPSA) is 101 Å². The predicted octanol–water partition coefficient (Wildman–Crippen LogP) is 3.88. The van der Waals surface area contributed by atoms with Crippen molar-refractivity contribution in [1.82, 2.24) is 4.98 Å². The van der Waals surface area contributed by atoms with Crippen molar-refractivity contribution in [3.8, 4) is 0 Å². The molecule has 6 nitrogen and oxygen atoms in total. The molecule has 27 heavy (non-hydrogen) atoms. The summed E-state index contributed by atoms with van der Waals surface area (Å²) in [6.07, 6.45) is 2.53. The third kappa shape index (κ3) is 4.27. The third-order valence-corrected chi connectivity index (χ3v) is 3.74. The van der Waals surface area contributed by atoms with Crippen molar-refractivity contribution < 1.29 is 28.6 Å². The second-order valence-corrected chi connectivity index (χ2v) is 5.67. The summed E-state index contributed by atoms with van der Waals surface area (Å²) < 4.78 is 18.4. The monoisotopic (exact) mass is 367 g/mol. The number of halogens is 1. The minimum Gasteiger partial charge on any atom is -0.506 e. The Bertz CT molecular complexity index is 1020. The van der Waals surface area contributed by atoms with Crippen LogP contribution in [-0.4, -0.2) is 26.9 Å². The fourth-order valence-corrected chi connectivity index (χ4v) is 2.45. The number of hydrogen-bond acceptors (Lipinski definition) is 5. The zero-order valence-corrected chi connectivity index (χ0v) is 13.9. The van der Waals surface area contributed by atoms with Gasteiger partial charge in [0.2, 0.25) is 5.78 Å². The van der Waals surface area contributed by atoms with Crippen molar-refractivity contribution in [3.63, 3.8) is 0 Å². The molecule has 7 heteroatoms.